The van der Waals surface area contributed by atoms with Crippen LogP contribution in [0, 0.1) is 5.92 Å². The van der Waals surface area contributed by atoms with Crippen LogP contribution in [-0.4, -0.2) is 38.1 Å². The van der Waals surface area contributed by atoms with Gasteiger partial charge in [-0.25, -0.2) is 0 Å². The number of nitrogens with zero attached hydrogens (tertiary/aromatic N) is 2. The lowest BCUT2D eigenvalue weighted by Crippen LogP contribution is -2.38. The molecule has 7 heteroatoms. The molecule has 1 heterocycles. The molecule has 3 N–H and O–H groups in total. The summed E-state index contributed by atoms with van der Waals surface area (Å²) in [5.74, 6) is 1.37. The van der Waals surface area contributed by atoms with Crippen molar-refractivity contribution in [3.63, 3.8) is 0 Å². The molecule has 0 saturated carbocycles. The first kappa shape index (κ1) is 20.8. The third-order valence-electron chi connectivity index (χ3n) is 5.12. The summed E-state index contributed by atoms with van der Waals surface area (Å²) < 4.78 is 5.17. The first-order chi connectivity index (χ1) is 13.5. The van der Waals surface area contributed by atoms with Crippen LogP contribution in [0.25, 0.3) is 0 Å². The van der Waals surface area contributed by atoms with Gasteiger partial charge in [0.1, 0.15) is 5.75 Å². The molecule has 1 fully saturated rings. The van der Waals surface area contributed by atoms with Crippen LogP contribution >= 0.6 is 23.2 Å². The van der Waals surface area contributed by atoms with Crippen molar-refractivity contribution in [3.8, 4) is 5.75 Å². The van der Waals surface area contributed by atoms with Crippen molar-refractivity contribution in [2.75, 3.05) is 32.6 Å². The van der Waals surface area contributed by atoms with Gasteiger partial charge in [0.25, 0.3) is 0 Å². The molecular weight excluding hydrogens is 395 g/mol. The van der Waals surface area contributed by atoms with E-state index in [1.807, 2.05) is 24.3 Å². The van der Waals surface area contributed by atoms with Gasteiger partial charge in [-0.05, 0) is 68.2 Å². The van der Waals surface area contributed by atoms with Crippen LogP contribution in [0.5, 0.6) is 5.75 Å². The van der Waals surface area contributed by atoms with Crippen molar-refractivity contribution < 1.29 is 4.74 Å². The van der Waals surface area contributed by atoms with Crippen LogP contribution in [0.3, 0.4) is 0 Å². The predicted octanol–water partition coefficient (Wildman–Crippen LogP) is 4.81. The third kappa shape index (κ3) is 5.10. The lowest BCUT2D eigenvalue weighted by atomic mass is 9.85. The first-order valence-electron chi connectivity index (χ1n) is 9.34. The number of guanidine groups is 1. The largest absolute Gasteiger partial charge is 0.495 e. The number of likely N-dealkylation sites (tertiary alicyclic amines) is 1. The highest BCUT2D eigenvalue weighted by Crippen LogP contribution is 2.36. The number of hydrogen-bond donors (Lipinski definition) is 2. The number of nitrogens with two attached hydrogens (primary N) is 1. The van der Waals surface area contributed by atoms with E-state index in [0.717, 1.165) is 30.1 Å². The zero-order chi connectivity index (χ0) is 20.1. The van der Waals surface area contributed by atoms with Gasteiger partial charge >= 0.3 is 0 Å². The summed E-state index contributed by atoms with van der Waals surface area (Å²) in [6, 6.07) is 13.8. The molecule has 0 aliphatic carbocycles. The van der Waals surface area contributed by atoms with Gasteiger partial charge in [0.05, 0.1) is 12.1 Å². The fraction of sp³-hybridized carbons (Fsp3) is 0.381. The molecule has 1 aliphatic rings. The number of rotatable bonds is 5. The molecule has 28 heavy (non-hydrogen) atoms. The third-order valence-corrected chi connectivity index (χ3v) is 5.65. The average molecular weight is 421 g/mol. The zero-order valence-corrected chi connectivity index (χ0v) is 17.7. The van der Waals surface area contributed by atoms with E-state index in [9.17, 15) is 0 Å². The normalized spacial score (nSPS) is 20.8. The fourth-order valence-electron chi connectivity index (χ4n) is 3.82. The Morgan fingerprint density at radius 1 is 1.29 bits per heavy atom. The second-order valence-corrected chi connectivity index (χ2v) is 7.93. The lowest BCUT2D eigenvalue weighted by molar-refractivity contribution is 0.125. The molecule has 0 radical (unpaired) electrons. The molecular formula is C21H26Cl2N4O. The minimum absolute atomic E-state index is 0.277. The molecule has 0 spiro atoms. The highest BCUT2D eigenvalue weighted by molar-refractivity contribution is 6.32. The Balaban J connectivity index is 1.70. The highest BCUT2D eigenvalue weighted by atomic mass is 35.5. The standard InChI is InChI=1S/C21H26Cl2N4O/c1-27-10-4-6-15(20(27)14-5-3-7-16(22)11-14)13-25-21(24)26-17-8-9-19(28-2)18(23)12-17/h3,5,7-9,11-12,15,20H,4,6,10,13H2,1-2H3,(H3,24,25,26). The van der Waals surface area contributed by atoms with Gasteiger partial charge in [-0.15, -0.1) is 0 Å². The number of nitrogens with one attached hydrogen (secondary N) is 1. The molecule has 3 rings (SSSR count). The molecule has 5 nitrogen and oxygen atoms in total. The smallest absolute Gasteiger partial charge is 0.193 e. The number of aliphatic imine (C=N–C) groups is 1. The van der Waals surface area contributed by atoms with Crippen LogP contribution < -0.4 is 15.8 Å². The van der Waals surface area contributed by atoms with Crippen LogP contribution in [0.2, 0.25) is 10.0 Å². The molecule has 2 atom stereocenters. The fourth-order valence-corrected chi connectivity index (χ4v) is 4.27. The Bertz CT molecular complexity index is 843. The number of ether oxygens (including phenoxy) is 1. The molecule has 0 aromatic heterocycles. The molecule has 150 valence electrons. The molecule has 1 aliphatic heterocycles. The summed E-state index contributed by atoms with van der Waals surface area (Å²) in [5, 5.41) is 4.39. The number of anilines is 1. The summed E-state index contributed by atoms with van der Waals surface area (Å²) in [6.07, 6.45) is 2.25. The summed E-state index contributed by atoms with van der Waals surface area (Å²) in [5.41, 5.74) is 8.12. The van der Waals surface area contributed by atoms with E-state index < -0.39 is 0 Å². The van der Waals surface area contributed by atoms with E-state index in [1.165, 1.54) is 5.56 Å². The first-order valence-corrected chi connectivity index (χ1v) is 10.1. The topological polar surface area (TPSA) is 62.9 Å². The van der Waals surface area contributed by atoms with Crippen molar-refractivity contribution in [3.05, 3.63) is 58.1 Å². The van der Waals surface area contributed by atoms with E-state index in [4.69, 9.17) is 33.7 Å². The van der Waals surface area contributed by atoms with E-state index in [0.29, 0.717) is 29.2 Å². The van der Waals surface area contributed by atoms with Gasteiger partial charge in [0, 0.05) is 23.3 Å². The Morgan fingerprint density at radius 3 is 2.82 bits per heavy atom. The summed E-state index contributed by atoms with van der Waals surface area (Å²) in [7, 11) is 3.74. The minimum Gasteiger partial charge on any atom is -0.495 e. The van der Waals surface area contributed by atoms with Gasteiger partial charge in [0.15, 0.2) is 5.96 Å². The van der Waals surface area contributed by atoms with Crippen molar-refractivity contribution in [2.24, 2.45) is 16.6 Å². The molecule has 2 unspecified atom stereocenters. The van der Waals surface area contributed by atoms with E-state index in [-0.39, 0.29) is 6.04 Å². The van der Waals surface area contributed by atoms with Gasteiger partial charge in [-0.3, -0.25) is 9.89 Å². The Morgan fingerprint density at radius 2 is 2.11 bits per heavy atom. The van der Waals surface area contributed by atoms with Gasteiger partial charge in [-0.1, -0.05) is 35.3 Å². The molecule has 1 saturated heterocycles. The van der Waals surface area contributed by atoms with Gasteiger partial charge < -0.3 is 15.8 Å². The summed E-state index contributed by atoms with van der Waals surface area (Å²) >= 11 is 12.4. The van der Waals surface area contributed by atoms with Crippen LogP contribution in [0.4, 0.5) is 5.69 Å². The number of piperidine rings is 1. The summed E-state index contributed by atoms with van der Waals surface area (Å²) in [6.45, 7) is 1.71. The van der Waals surface area contributed by atoms with Crippen molar-refractivity contribution >= 4 is 34.8 Å². The number of hydrogen-bond acceptors (Lipinski definition) is 3. The zero-order valence-electron chi connectivity index (χ0n) is 16.2. The Labute approximate surface area is 176 Å². The second kappa shape index (κ2) is 9.50. The van der Waals surface area contributed by atoms with E-state index in [1.54, 1.807) is 19.2 Å². The molecule has 0 bridgehead atoms. The SMILES string of the molecule is COc1ccc(NC(N)=NCC2CCCN(C)C2c2cccc(Cl)c2)cc1Cl. The monoisotopic (exact) mass is 420 g/mol. The Kier molecular flexibility index (Phi) is 7.05. The molecule has 2 aromatic rings. The second-order valence-electron chi connectivity index (χ2n) is 7.08. The predicted molar refractivity (Wildman–Crippen MR) is 118 cm³/mol. The minimum atomic E-state index is 0.277. The number of benzene rings is 2. The maximum atomic E-state index is 6.22. The van der Waals surface area contributed by atoms with Gasteiger partial charge in [-0.2, -0.15) is 0 Å². The van der Waals surface area contributed by atoms with E-state index >= 15 is 0 Å². The van der Waals surface area contributed by atoms with Crippen LogP contribution in [0.15, 0.2) is 47.5 Å². The van der Waals surface area contributed by atoms with Gasteiger partial charge in [0.2, 0.25) is 0 Å². The maximum absolute atomic E-state index is 6.22. The molecule has 0 amide bonds. The van der Waals surface area contributed by atoms with Crippen molar-refractivity contribution in [1.29, 1.82) is 0 Å². The van der Waals surface area contributed by atoms with Crippen LogP contribution in [0.1, 0.15) is 24.4 Å². The molecule has 2 aromatic carbocycles. The van der Waals surface area contributed by atoms with Crippen molar-refractivity contribution in [1.82, 2.24) is 4.90 Å². The highest BCUT2D eigenvalue weighted by Gasteiger charge is 2.30. The number of halogens is 2. The summed E-state index contributed by atoms with van der Waals surface area (Å²) in [4.78, 5) is 6.97. The van der Waals surface area contributed by atoms with Crippen LogP contribution in [-0.2, 0) is 0 Å². The Hall–Kier alpha value is -1.95. The maximum Gasteiger partial charge on any atom is 0.193 e. The van der Waals surface area contributed by atoms with E-state index in [2.05, 4.69) is 28.3 Å². The average Bonchev–Trinajstić information content (AvgIpc) is 2.66. The lowest BCUT2D eigenvalue weighted by Gasteiger charge is -2.39. The number of methoxy groups -OCH3 is 1. The van der Waals surface area contributed by atoms with Crippen molar-refractivity contribution in [2.45, 2.75) is 18.9 Å². The quantitative estimate of drug-likeness (QED) is 0.537.